The second-order valence-corrected chi connectivity index (χ2v) is 8.10. The summed E-state index contributed by atoms with van der Waals surface area (Å²) in [5.74, 6) is -0.436. The highest BCUT2D eigenvalue weighted by molar-refractivity contribution is 9.10. The first kappa shape index (κ1) is 18.7. The zero-order valence-electron chi connectivity index (χ0n) is 11.3. The highest BCUT2D eigenvalue weighted by Gasteiger charge is 2.21. The van der Waals surface area contributed by atoms with Crippen LogP contribution in [0.25, 0.3) is 0 Å². The molecule has 1 atom stereocenters. The summed E-state index contributed by atoms with van der Waals surface area (Å²) in [5, 5.41) is 2.81. The molecular formula is C12H14BrCl2NO4S. The maximum atomic E-state index is 12.1. The van der Waals surface area contributed by atoms with Crippen LogP contribution in [-0.4, -0.2) is 34.1 Å². The van der Waals surface area contributed by atoms with Gasteiger partial charge in [-0.2, -0.15) is 0 Å². The molecule has 1 aromatic rings. The van der Waals surface area contributed by atoms with E-state index in [2.05, 4.69) is 21.2 Å². The molecule has 1 unspecified atom stereocenters. The number of hydrogen-bond acceptors (Lipinski definition) is 4. The van der Waals surface area contributed by atoms with Crippen molar-refractivity contribution in [1.82, 2.24) is 5.32 Å². The van der Waals surface area contributed by atoms with E-state index in [0.717, 1.165) is 0 Å². The zero-order valence-corrected chi connectivity index (χ0v) is 15.2. The molecule has 9 heteroatoms. The van der Waals surface area contributed by atoms with Gasteiger partial charge >= 0.3 is 0 Å². The van der Waals surface area contributed by atoms with E-state index in [1.165, 1.54) is 12.1 Å². The molecule has 118 valence electrons. The van der Waals surface area contributed by atoms with Crippen LogP contribution >= 0.6 is 38.2 Å². The number of rotatable bonds is 6. The highest BCUT2D eigenvalue weighted by Crippen LogP contribution is 2.33. The standard InChI is InChI=1S/C12H14BrCl2NO4S/c1-7(3-4-20-2)16-12(17)8-5-9(14)11(13)10(6-8)21(15,18)19/h5-7H,3-4H2,1-2H3,(H,16,17). The first-order valence-corrected chi connectivity index (χ1v) is 9.38. The van der Waals surface area contributed by atoms with Crippen LogP contribution in [0.1, 0.15) is 23.7 Å². The van der Waals surface area contributed by atoms with Crippen LogP contribution in [0.2, 0.25) is 5.02 Å². The van der Waals surface area contributed by atoms with Crippen molar-refractivity contribution in [2.75, 3.05) is 13.7 Å². The van der Waals surface area contributed by atoms with E-state index >= 15 is 0 Å². The summed E-state index contributed by atoms with van der Waals surface area (Å²) in [5.41, 5.74) is 0.117. The molecule has 5 nitrogen and oxygen atoms in total. The first-order chi connectivity index (χ1) is 9.66. The zero-order chi connectivity index (χ0) is 16.2. The predicted octanol–water partition coefficient (Wildman–Crippen LogP) is 3.18. The minimum atomic E-state index is -4.01. The van der Waals surface area contributed by atoms with Gasteiger partial charge in [0.1, 0.15) is 0 Å². The van der Waals surface area contributed by atoms with E-state index in [0.29, 0.717) is 13.0 Å². The SMILES string of the molecule is COCCC(C)NC(=O)c1cc(Cl)c(Br)c(S(=O)(=O)Cl)c1. The summed E-state index contributed by atoms with van der Waals surface area (Å²) in [6, 6.07) is 2.42. The second-order valence-electron chi connectivity index (χ2n) is 4.36. The van der Waals surface area contributed by atoms with E-state index in [4.69, 9.17) is 27.0 Å². The third-order valence-electron chi connectivity index (χ3n) is 2.65. The van der Waals surface area contributed by atoms with Gasteiger partial charge in [-0.1, -0.05) is 11.6 Å². The molecule has 0 saturated carbocycles. The van der Waals surface area contributed by atoms with Gasteiger partial charge in [0.15, 0.2) is 0 Å². The number of amides is 1. The van der Waals surface area contributed by atoms with Crippen LogP contribution in [0.3, 0.4) is 0 Å². The molecular weight excluding hydrogens is 405 g/mol. The Labute approximate surface area is 141 Å². The molecule has 0 fully saturated rings. The average Bonchev–Trinajstić information content (AvgIpc) is 2.37. The summed E-state index contributed by atoms with van der Waals surface area (Å²) in [6.07, 6.45) is 0.632. The van der Waals surface area contributed by atoms with Gasteiger partial charge in [-0.05, 0) is 41.4 Å². The molecule has 1 aromatic carbocycles. The Hall–Kier alpha value is -0.340. The van der Waals surface area contributed by atoms with Gasteiger partial charge < -0.3 is 10.1 Å². The molecule has 21 heavy (non-hydrogen) atoms. The molecule has 0 bridgehead atoms. The lowest BCUT2D eigenvalue weighted by Crippen LogP contribution is -2.33. The molecule has 1 N–H and O–H groups in total. The second kappa shape index (κ2) is 7.78. The topological polar surface area (TPSA) is 72.5 Å². The van der Waals surface area contributed by atoms with Gasteiger partial charge in [0.25, 0.3) is 15.0 Å². The normalized spacial score (nSPS) is 13.0. The number of carbonyl (C=O) groups is 1. The molecule has 0 aliphatic carbocycles. The Bertz CT molecular complexity index is 636. The molecule has 0 heterocycles. The average molecular weight is 419 g/mol. The third-order valence-corrected chi connectivity index (χ3v) is 5.64. The minimum Gasteiger partial charge on any atom is -0.385 e. The Kier molecular flexibility index (Phi) is 6.93. The van der Waals surface area contributed by atoms with Crippen molar-refractivity contribution in [3.63, 3.8) is 0 Å². The number of carbonyl (C=O) groups excluding carboxylic acids is 1. The third kappa shape index (κ3) is 5.41. The maximum absolute atomic E-state index is 12.1. The number of benzene rings is 1. The van der Waals surface area contributed by atoms with Crippen LogP contribution in [0, 0.1) is 0 Å². The van der Waals surface area contributed by atoms with E-state index in [1.807, 2.05) is 6.92 Å². The van der Waals surface area contributed by atoms with Gasteiger partial charge in [-0.25, -0.2) is 8.42 Å². The molecule has 1 amide bonds. The smallest absolute Gasteiger partial charge is 0.262 e. The number of methoxy groups -OCH3 is 1. The van der Waals surface area contributed by atoms with Crippen LogP contribution in [-0.2, 0) is 13.8 Å². The van der Waals surface area contributed by atoms with Crippen molar-refractivity contribution in [3.05, 3.63) is 27.2 Å². The summed E-state index contributed by atoms with van der Waals surface area (Å²) in [7, 11) is 2.88. The Morgan fingerprint density at radius 2 is 2.10 bits per heavy atom. The highest BCUT2D eigenvalue weighted by atomic mass is 79.9. The summed E-state index contributed by atoms with van der Waals surface area (Å²) >= 11 is 8.96. The number of nitrogens with one attached hydrogen (secondary N) is 1. The molecule has 0 radical (unpaired) electrons. The van der Waals surface area contributed by atoms with Crippen LogP contribution in [0.15, 0.2) is 21.5 Å². The Morgan fingerprint density at radius 3 is 2.62 bits per heavy atom. The van der Waals surface area contributed by atoms with Crippen molar-refractivity contribution in [1.29, 1.82) is 0 Å². The van der Waals surface area contributed by atoms with Crippen LogP contribution in [0.5, 0.6) is 0 Å². The number of hydrogen-bond donors (Lipinski definition) is 1. The molecule has 1 rings (SSSR count). The van der Waals surface area contributed by atoms with Gasteiger partial charge in [0.05, 0.1) is 14.4 Å². The molecule has 0 aromatic heterocycles. The number of halogens is 3. The first-order valence-electron chi connectivity index (χ1n) is 5.90. The summed E-state index contributed by atoms with van der Waals surface area (Å²) in [4.78, 5) is 11.9. The van der Waals surface area contributed by atoms with Gasteiger partial charge in [-0.3, -0.25) is 4.79 Å². The van der Waals surface area contributed by atoms with E-state index in [-0.39, 0.29) is 26.0 Å². The molecule has 0 aliphatic rings. The summed E-state index contributed by atoms with van der Waals surface area (Å²) < 4.78 is 28.0. The van der Waals surface area contributed by atoms with Crippen molar-refractivity contribution in [3.8, 4) is 0 Å². The van der Waals surface area contributed by atoms with Crippen molar-refractivity contribution in [2.24, 2.45) is 0 Å². The monoisotopic (exact) mass is 417 g/mol. The lowest BCUT2D eigenvalue weighted by Gasteiger charge is -2.14. The fraction of sp³-hybridized carbons (Fsp3) is 0.417. The quantitative estimate of drug-likeness (QED) is 0.720. The predicted molar refractivity (Wildman–Crippen MR) is 85.6 cm³/mol. The lowest BCUT2D eigenvalue weighted by atomic mass is 10.2. The van der Waals surface area contributed by atoms with Crippen molar-refractivity contribution < 1.29 is 17.9 Å². The maximum Gasteiger partial charge on any atom is 0.262 e. The van der Waals surface area contributed by atoms with Crippen molar-refractivity contribution >= 4 is 53.2 Å². The molecule has 0 spiro atoms. The van der Waals surface area contributed by atoms with E-state index < -0.39 is 15.0 Å². The van der Waals surface area contributed by atoms with Gasteiger partial charge in [-0.15, -0.1) is 0 Å². The van der Waals surface area contributed by atoms with E-state index in [9.17, 15) is 13.2 Å². The Morgan fingerprint density at radius 1 is 1.48 bits per heavy atom. The molecule has 0 aliphatic heterocycles. The fourth-order valence-corrected chi connectivity index (χ4v) is 3.93. The Balaban J connectivity index is 3.04. The fourth-order valence-electron chi connectivity index (χ4n) is 1.55. The van der Waals surface area contributed by atoms with Crippen LogP contribution in [0.4, 0.5) is 0 Å². The van der Waals surface area contributed by atoms with E-state index in [1.54, 1.807) is 7.11 Å². The van der Waals surface area contributed by atoms with Gasteiger partial charge in [0.2, 0.25) is 0 Å². The van der Waals surface area contributed by atoms with Crippen molar-refractivity contribution in [2.45, 2.75) is 24.3 Å². The lowest BCUT2D eigenvalue weighted by molar-refractivity contribution is 0.0929. The van der Waals surface area contributed by atoms with Gasteiger partial charge in [0, 0.05) is 36.0 Å². The largest absolute Gasteiger partial charge is 0.385 e. The van der Waals surface area contributed by atoms with Crippen LogP contribution < -0.4 is 5.32 Å². The summed E-state index contributed by atoms with van der Waals surface area (Å²) in [6.45, 7) is 2.32. The number of ether oxygens (including phenoxy) is 1. The minimum absolute atomic E-state index is 0.0893. The molecule has 0 saturated heterocycles.